The van der Waals surface area contributed by atoms with Crippen LogP contribution in [0.25, 0.3) is 0 Å². The average Bonchev–Trinajstić information content (AvgIpc) is 2.04. The van der Waals surface area contributed by atoms with Crippen molar-refractivity contribution in [3.05, 3.63) is 28.5 Å². The number of nitrogens with zero attached hydrogens (tertiary/aromatic N) is 1. The molecule has 0 unspecified atom stereocenters. The van der Waals surface area contributed by atoms with Gasteiger partial charge in [0.15, 0.2) is 0 Å². The van der Waals surface area contributed by atoms with E-state index >= 15 is 0 Å². The van der Waals surface area contributed by atoms with Gasteiger partial charge >= 0.3 is 6.18 Å². The summed E-state index contributed by atoms with van der Waals surface area (Å²) in [7, 11) is 0. The standard InChI is InChI=1S/C10H11ClF3NO/c1-9(2,16)4-6-3-7(10(12,13)14)5-15-8(6)11/h3,5,16H,4H2,1-2H3. The molecule has 0 fully saturated rings. The van der Waals surface area contributed by atoms with E-state index in [1.807, 2.05) is 0 Å². The number of aromatic nitrogens is 1. The van der Waals surface area contributed by atoms with Gasteiger partial charge in [-0.15, -0.1) is 0 Å². The van der Waals surface area contributed by atoms with Crippen molar-refractivity contribution >= 4 is 11.6 Å². The highest BCUT2D eigenvalue weighted by molar-refractivity contribution is 6.30. The summed E-state index contributed by atoms with van der Waals surface area (Å²) < 4.78 is 37.2. The molecule has 0 bridgehead atoms. The van der Waals surface area contributed by atoms with E-state index in [0.717, 1.165) is 6.07 Å². The molecule has 0 aliphatic rings. The Morgan fingerprint density at radius 3 is 2.38 bits per heavy atom. The molecule has 0 amide bonds. The number of rotatable bonds is 2. The molecule has 16 heavy (non-hydrogen) atoms. The molecule has 0 saturated carbocycles. The fourth-order valence-corrected chi connectivity index (χ4v) is 1.41. The quantitative estimate of drug-likeness (QED) is 0.822. The van der Waals surface area contributed by atoms with Crippen LogP contribution in [0.5, 0.6) is 0 Å². The highest BCUT2D eigenvalue weighted by Crippen LogP contribution is 2.31. The Morgan fingerprint density at radius 2 is 1.94 bits per heavy atom. The zero-order valence-corrected chi connectivity index (χ0v) is 9.52. The fraction of sp³-hybridized carbons (Fsp3) is 0.500. The van der Waals surface area contributed by atoms with E-state index in [-0.39, 0.29) is 17.1 Å². The molecule has 1 aromatic rings. The van der Waals surface area contributed by atoms with Crippen molar-refractivity contribution < 1.29 is 18.3 Å². The van der Waals surface area contributed by atoms with Crippen LogP contribution >= 0.6 is 11.6 Å². The Morgan fingerprint density at radius 1 is 1.38 bits per heavy atom. The molecule has 0 radical (unpaired) electrons. The van der Waals surface area contributed by atoms with Crippen molar-refractivity contribution in [3.8, 4) is 0 Å². The topological polar surface area (TPSA) is 33.1 Å². The molecule has 1 rings (SSSR count). The Bertz CT molecular complexity index is 385. The van der Waals surface area contributed by atoms with Crippen molar-refractivity contribution in [1.82, 2.24) is 4.98 Å². The Balaban J connectivity index is 3.10. The van der Waals surface area contributed by atoms with Gasteiger partial charge in [-0.05, 0) is 25.5 Å². The van der Waals surface area contributed by atoms with E-state index in [1.54, 1.807) is 0 Å². The minimum atomic E-state index is -4.45. The molecule has 0 aliphatic heterocycles. The summed E-state index contributed by atoms with van der Waals surface area (Å²) >= 11 is 5.66. The Kier molecular flexibility index (Phi) is 3.50. The number of alkyl halides is 3. The van der Waals surface area contributed by atoms with Crippen LogP contribution in [0.3, 0.4) is 0 Å². The molecule has 2 nitrogen and oxygen atoms in total. The minimum absolute atomic E-state index is 0.0166. The number of halogens is 4. The van der Waals surface area contributed by atoms with E-state index in [2.05, 4.69) is 4.98 Å². The summed E-state index contributed by atoms with van der Waals surface area (Å²) in [6.07, 6.45) is -3.76. The summed E-state index contributed by atoms with van der Waals surface area (Å²) in [5.41, 5.74) is -1.81. The third kappa shape index (κ3) is 3.64. The van der Waals surface area contributed by atoms with Crippen LogP contribution in [0, 0.1) is 0 Å². The lowest BCUT2D eigenvalue weighted by Crippen LogP contribution is -2.22. The predicted molar refractivity (Wildman–Crippen MR) is 54.3 cm³/mol. The van der Waals surface area contributed by atoms with Crippen LogP contribution < -0.4 is 0 Å². The summed E-state index contributed by atoms with van der Waals surface area (Å²) in [5.74, 6) is 0. The lowest BCUT2D eigenvalue weighted by molar-refractivity contribution is -0.137. The Hall–Kier alpha value is -0.810. The van der Waals surface area contributed by atoms with Gasteiger partial charge in [0.25, 0.3) is 0 Å². The van der Waals surface area contributed by atoms with E-state index in [9.17, 15) is 18.3 Å². The maximum atomic E-state index is 12.4. The molecule has 1 aromatic heterocycles. The summed E-state index contributed by atoms with van der Waals surface area (Å²) in [6, 6.07) is 0.910. The molecule has 90 valence electrons. The highest BCUT2D eigenvalue weighted by Gasteiger charge is 2.32. The highest BCUT2D eigenvalue weighted by atomic mass is 35.5. The van der Waals surface area contributed by atoms with Crippen molar-refractivity contribution in [2.24, 2.45) is 0 Å². The molecule has 0 aliphatic carbocycles. The van der Waals surface area contributed by atoms with Gasteiger partial charge in [0.2, 0.25) is 0 Å². The predicted octanol–water partition coefficient (Wildman–Crippen LogP) is 3.07. The fourth-order valence-electron chi connectivity index (χ4n) is 1.24. The molecule has 6 heteroatoms. The largest absolute Gasteiger partial charge is 0.417 e. The number of aliphatic hydroxyl groups is 1. The molecular weight excluding hydrogens is 243 g/mol. The monoisotopic (exact) mass is 253 g/mol. The third-order valence-corrected chi connectivity index (χ3v) is 2.20. The summed E-state index contributed by atoms with van der Waals surface area (Å²) in [4.78, 5) is 3.46. The average molecular weight is 254 g/mol. The number of hydrogen-bond acceptors (Lipinski definition) is 2. The molecular formula is C10H11ClF3NO. The van der Waals surface area contributed by atoms with E-state index in [0.29, 0.717) is 6.20 Å². The smallest absolute Gasteiger partial charge is 0.390 e. The van der Waals surface area contributed by atoms with Gasteiger partial charge in [0.05, 0.1) is 11.2 Å². The second-order valence-electron chi connectivity index (χ2n) is 4.16. The molecule has 0 aromatic carbocycles. The van der Waals surface area contributed by atoms with Crippen molar-refractivity contribution in [3.63, 3.8) is 0 Å². The first-order valence-electron chi connectivity index (χ1n) is 4.53. The van der Waals surface area contributed by atoms with Gasteiger partial charge in [-0.3, -0.25) is 0 Å². The summed E-state index contributed by atoms with van der Waals surface area (Å²) in [5, 5.41) is 9.50. The normalized spacial score (nSPS) is 12.9. The minimum Gasteiger partial charge on any atom is -0.390 e. The van der Waals surface area contributed by atoms with Crippen molar-refractivity contribution in [2.45, 2.75) is 32.0 Å². The SMILES string of the molecule is CC(C)(O)Cc1cc(C(F)(F)F)cnc1Cl. The first kappa shape index (κ1) is 13.3. The van der Waals surface area contributed by atoms with Crippen LogP contribution in [-0.2, 0) is 12.6 Å². The lowest BCUT2D eigenvalue weighted by Gasteiger charge is -2.18. The first-order valence-corrected chi connectivity index (χ1v) is 4.91. The van der Waals surface area contributed by atoms with Gasteiger partial charge in [0.1, 0.15) is 5.15 Å². The van der Waals surface area contributed by atoms with Gasteiger partial charge in [-0.2, -0.15) is 13.2 Å². The van der Waals surface area contributed by atoms with Crippen LogP contribution in [0.2, 0.25) is 5.15 Å². The Labute approximate surface area is 96.1 Å². The second kappa shape index (κ2) is 4.22. The molecule has 0 spiro atoms. The molecule has 1 N–H and O–H groups in total. The van der Waals surface area contributed by atoms with Crippen molar-refractivity contribution in [2.75, 3.05) is 0 Å². The number of pyridine rings is 1. The maximum Gasteiger partial charge on any atom is 0.417 e. The van der Waals surface area contributed by atoms with Crippen LogP contribution in [-0.4, -0.2) is 15.7 Å². The van der Waals surface area contributed by atoms with E-state index in [4.69, 9.17) is 11.6 Å². The lowest BCUT2D eigenvalue weighted by atomic mass is 9.99. The zero-order chi connectivity index (χ0) is 12.6. The van der Waals surface area contributed by atoms with Crippen molar-refractivity contribution in [1.29, 1.82) is 0 Å². The molecule has 0 saturated heterocycles. The van der Waals surface area contributed by atoms with E-state index in [1.165, 1.54) is 13.8 Å². The van der Waals surface area contributed by atoms with Gasteiger partial charge in [-0.25, -0.2) is 4.98 Å². The second-order valence-corrected chi connectivity index (χ2v) is 4.52. The third-order valence-electron chi connectivity index (χ3n) is 1.86. The van der Waals surface area contributed by atoms with Gasteiger partial charge < -0.3 is 5.11 Å². The van der Waals surface area contributed by atoms with Crippen LogP contribution in [0.1, 0.15) is 25.0 Å². The van der Waals surface area contributed by atoms with Crippen LogP contribution in [0.4, 0.5) is 13.2 Å². The van der Waals surface area contributed by atoms with Gasteiger partial charge in [0, 0.05) is 12.6 Å². The first-order chi connectivity index (χ1) is 7.09. The maximum absolute atomic E-state index is 12.4. The summed E-state index contributed by atoms with van der Waals surface area (Å²) in [6.45, 7) is 2.98. The van der Waals surface area contributed by atoms with Gasteiger partial charge in [-0.1, -0.05) is 11.6 Å². The van der Waals surface area contributed by atoms with Crippen LogP contribution in [0.15, 0.2) is 12.3 Å². The van der Waals surface area contributed by atoms with E-state index < -0.39 is 17.3 Å². The zero-order valence-electron chi connectivity index (χ0n) is 8.77. The molecule has 1 heterocycles. The molecule has 0 atom stereocenters. The number of hydrogen-bond donors (Lipinski definition) is 1.